The lowest BCUT2D eigenvalue weighted by Gasteiger charge is -2.31. The number of hydrogen-bond acceptors (Lipinski definition) is 5. The van der Waals surface area contributed by atoms with Crippen molar-refractivity contribution in [3.63, 3.8) is 0 Å². The van der Waals surface area contributed by atoms with E-state index in [1.54, 1.807) is 0 Å². The quantitative estimate of drug-likeness (QED) is 0.663. The topological polar surface area (TPSA) is 78.8 Å². The van der Waals surface area contributed by atoms with Gasteiger partial charge in [-0.2, -0.15) is 5.26 Å². The van der Waals surface area contributed by atoms with Crippen LogP contribution in [0.1, 0.15) is 47.4 Å². The van der Waals surface area contributed by atoms with Crippen LogP contribution in [0.5, 0.6) is 0 Å². The van der Waals surface area contributed by atoms with E-state index in [2.05, 4.69) is 59.1 Å². The molecule has 0 aliphatic carbocycles. The van der Waals surface area contributed by atoms with Crippen LogP contribution in [0.2, 0.25) is 5.02 Å². The molecule has 0 atom stereocenters. The highest BCUT2D eigenvalue weighted by atomic mass is 35.5. The van der Waals surface area contributed by atoms with Crippen molar-refractivity contribution >= 4 is 23.2 Å². The lowest BCUT2D eigenvalue weighted by molar-refractivity contribution is 0.639. The van der Waals surface area contributed by atoms with Crippen LogP contribution in [0.3, 0.4) is 0 Å². The fourth-order valence-corrected chi connectivity index (χ4v) is 4.17. The maximum atomic E-state index is 9.44. The van der Waals surface area contributed by atoms with Crippen molar-refractivity contribution in [1.82, 2.24) is 9.97 Å². The van der Waals surface area contributed by atoms with Crippen LogP contribution in [0.4, 0.5) is 11.6 Å². The molecule has 0 fully saturated rings. The van der Waals surface area contributed by atoms with E-state index in [0.29, 0.717) is 16.5 Å². The molecular weight excluding hydrogens is 394 g/mol. The summed E-state index contributed by atoms with van der Waals surface area (Å²) in [6, 6.07) is 14.8. The number of nitrogen functional groups attached to an aromatic ring is 1. The molecule has 1 aliphatic rings. The fraction of sp³-hybridized carbons (Fsp3) is 0.292. The predicted molar refractivity (Wildman–Crippen MR) is 121 cm³/mol. The Balaban J connectivity index is 1.61. The average molecular weight is 418 g/mol. The maximum absolute atomic E-state index is 9.44. The Hall–Kier alpha value is -3.10. The zero-order valence-electron chi connectivity index (χ0n) is 17.4. The van der Waals surface area contributed by atoms with E-state index in [1.165, 1.54) is 11.1 Å². The van der Waals surface area contributed by atoms with Gasteiger partial charge in [-0.25, -0.2) is 9.97 Å². The highest BCUT2D eigenvalue weighted by molar-refractivity contribution is 6.31. The first-order valence-corrected chi connectivity index (χ1v) is 10.3. The van der Waals surface area contributed by atoms with E-state index in [0.717, 1.165) is 42.0 Å². The zero-order chi connectivity index (χ0) is 21.5. The molecule has 6 heteroatoms. The summed E-state index contributed by atoms with van der Waals surface area (Å²) in [6.45, 7) is 7.83. The second-order valence-electron chi connectivity index (χ2n) is 8.29. The van der Waals surface area contributed by atoms with Gasteiger partial charge in [0, 0.05) is 28.9 Å². The Labute approximate surface area is 182 Å². The molecule has 2 heterocycles. The van der Waals surface area contributed by atoms with Crippen molar-refractivity contribution in [2.75, 3.05) is 17.2 Å². The van der Waals surface area contributed by atoms with Gasteiger partial charge in [0.2, 0.25) is 5.95 Å². The van der Waals surface area contributed by atoms with Crippen LogP contribution in [-0.4, -0.2) is 16.5 Å². The minimum absolute atomic E-state index is 0.280. The van der Waals surface area contributed by atoms with Crippen molar-refractivity contribution in [1.29, 1.82) is 5.26 Å². The van der Waals surface area contributed by atoms with Gasteiger partial charge in [0.25, 0.3) is 0 Å². The van der Waals surface area contributed by atoms with Crippen LogP contribution in [0.25, 0.3) is 0 Å². The number of anilines is 2. The second kappa shape index (κ2) is 7.62. The molecule has 0 spiro atoms. The molecule has 1 aliphatic heterocycles. The molecule has 0 bridgehead atoms. The van der Waals surface area contributed by atoms with E-state index in [4.69, 9.17) is 17.3 Å². The van der Waals surface area contributed by atoms with Crippen LogP contribution in [0.15, 0.2) is 42.6 Å². The summed E-state index contributed by atoms with van der Waals surface area (Å²) in [5.74, 6) is 0.321. The second-order valence-corrected chi connectivity index (χ2v) is 8.69. The third-order valence-electron chi connectivity index (χ3n) is 6.11. The van der Waals surface area contributed by atoms with E-state index in [9.17, 15) is 5.26 Å². The zero-order valence-corrected chi connectivity index (χ0v) is 18.2. The molecule has 0 amide bonds. The summed E-state index contributed by atoms with van der Waals surface area (Å²) in [7, 11) is 0. The Morgan fingerprint density at radius 3 is 2.60 bits per heavy atom. The highest BCUT2D eigenvalue weighted by Crippen LogP contribution is 2.36. The summed E-state index contributed by atoms with van der Waals surface area (Å²) in [5, 5.41) is 10.1. The highest BCUT2D eigenvalue weighted by Gasteiger charge is 2.26. The van der Waals surface area contributed by atoms with Gasteiger partial charge >= 0.3 is 0 Å². The number of fused-ring (bicyclic) bond motifs is 1. The molecule has 0 radical (unpaired) electrons. The third-order valence-corrected chi connectivity index (χ3v) is 6.50. The first-order valence-electron chi connectivity index (χ1n) is 9.96. The number of hydrogen-bond donors (Lipinski definition) is 1. The number of halogens is 1. The van der Waals surface area contributed by atoms with Gasteiger partial charge in [-0.15, -0.1) is 0 Å². The van der Waals surface area contributed by atoms with Gasteiger partial charge in [0.1, 0.15) is 0 Å². The molecule has 30 heavy (non-hydrogen) atoms. The summed E-state index contributed by atoms with van der Waals surface area (Å²) in [5.41, 5.74) is 12.4. The molecule has 152 valence electrons. The summed E-state index contributed by atoms with van der Waals surface area (Å²) in [6.07, 6.45) is 2.74. The van der Waals surface area contributed by atoms with E-state index < -0.39 is 0 Å². The van der Waals surface area contributed by atoms with E-state index in [1.807, 2.05) is 25.3 Å². The maximum Gasteiger partial charge on any atom is 0.220 e. The standard InChI is InChI=1S/C24H24ClN5/c1-15-17(12-26)10-19(11-21(15)25)24(2,3)18-4-6-20(7-5-18)30-9-8-16-13-28-23(27)29-22(16)14-30/h4-7,10-11,13H,8-9,14H2,1-3H3,(H2,27,28,29). The number of rotatable bonds is 3. The Morgan fingerprint density at radius 1 is 1.17 bits per heavy atom. The lowest BCUT2D eigenvalue weighted by atomic mass is 9.77. The molecule has 0 saturated carbocycles. The largest absolute Gasteiger partial charge is 0.368 e. The summed E-state index contributed by atoms with van der Waals surface area (Å²) < 4.78 is 0. The average Bonchev–Trinajstić information content (AvgIpc) is 2.75. The van der Waals surface area contributed by atoms with Gasteiger partial charge < -0.3 is 10.6 Å². The van der Waals surface area contributed by atoms with Crippen LogP contribution < -0.4 is 10.6 Å². The Kier molecular flexibility index (Phi) is 5.13. The number of benzene rings is 2. The molecule has 0 unspecified atom stereocenters. The smallest absolute Gasteiger partial charge is 0.220 e. The molecule has 0 saturated heterocycles. The van der Waals surface area contributed by atoms with Crippen LogP contribution >= 0.6 is 11.6 Å². The van der Waals surface area contributed by atoms with Gasteiger partial charge in [-0.05, 0) is 59.9 Å². The van der Waals surface area contributed by atoms with Gasteiger partial charge in [0.15, 0.2) is 0 Å². The van der Waals surface area contributed by atoms with E-state index in [-0.39, 0.29) is 5.41 Å². The normalized spacial score (nSPS) is 13.6. The van der Waals surface area contributed by atoms with Crippen molar-refractivity contribution in [3.05, 3.63) is 81.1 Å². The van der Waals surface area contributed by atoms with E-state index >= 15 is 0 Å². The molecule has 2 N–H and O–H groups in total. The summed E-state index contributed by atoms with van der Waals surface area (Å²) in [4.78, 5) is 10.8. The minimum atomic E-state index is -0.280. The fourth-order valence-electron chi connectivity index (χ4n) is 3.95. The molecule has 5 nitrogen and oxygen atoms in total. The van der Waals surface area contributed by atoms with Crippen molar-refractivity contribution in [2.45, 2.75) is 39.2 Å². The molecule has 2 aromatic carbocycles. The van der Waals surface area contributed by atoms with Gasteiger partial charge in [-0.1, -0.05) is 37.6 Å². The number of aromatic nitrogens is 2. The first kappa shape index (κ1) is 20.2. The SMILES string of the molecule is Cc1c(Cl)cc(C(C)(C)c2ccc(N3CCc4cnc(N)nc4C3)cc2)cc1C#N. The molecule has 3 aromatic rings. The number of nitrogens with two attached hydrogens (primary N) is 1. The number of nitriles is 1. The number of nitrogens with zero attached hydrogens (tertiary/aromatic N) is 4. The van der Waals surface area contributed by atoms with Gasteiger partial charge in [0.05, 0.1) is 23.9 Å². The van der Waals surface area contributed by atoms with Crippen molar-refractivity contribution < 1.29 is 0 Å². The van der Waals surface area contributed by atoms with Crippen LogP contribution in [0, 0.1) is 18.3 Å². The minimum Gasteiger partial charge on any atom is -0.368 e. The lowest BCUT2D eigenvalue weighted by Crippen LogP contribution is -2.31. The Morgan fingerprint density at radius 2 is 1.90 bits per heavy atom. The molecule has 4 rings (SSSR count). The summed E-state index contributed by atoms with van der Waals surface area (Å²) >= 11 is 6.39. The monoisotopic (exact) mass is 417 g/mol. The van der Waals surface area contributed by atoms with Crippen molar-refractivity contribution in [2.24, 2.45) is 0 Å². The predicted octanol–water partition coefficient (Wildman–Crippen LogP) is 4.78. The van der Waals surface area contributed by atoms with Crippen molar-refractivity contribution in [3.8, 4) is 6.07 Å². The Bertz CT molecular complexity index is 1150. The first-order chi connectivity index (χ1) is 14.3. The van der Waals surface area contributed by atoms with Gasteiger partial charge in [-0.3, -0.25) is 0 Å². The molecular formula is C24H24ClN5. The third kappa shape index (κ3) is 3.59. The molecule has 1 aromatic heterocycles. The van der Waals surface area contributed by atoms with Crippen LogP contribution in [-0.2, 0) is 18.4 Å².